The van der Waals surface area contributed by atoms with Gasteiger partial charge in [-0.05, 0) is 42.8 Å². The second-order valence-electron chi connectivity index (χ2n) is 5.22. The summed E-state index contributed by atoms with van der Waals surface area (Å²) < 4.78 is 5.19. The molecule has 5 nitrogen and oxygen atoms in total. The summed E-state index contributed by atoms with van der Waals surface area (Å²) in [5.41, 5.74) is 2.01. The van der Waals surface area contributed by atoms with Crippen LogP contribution < -0.4 is 15.5 Å². The lowest BCUT2D eigenvalue weighted by molar-refractivity contribution is 0.102. The largest absolute Gasteiger partial charge is 0.496 e. The number of benzene rings is 2. The van der Waals surface area contributed by atoms with E-state index in [1.165, 1.54) is 6.20 Å². The van der Waals surface area contributed by atoms with Gasteiger partial charge in [0.2, 0.25) is 5.43 Å². The van der Waals surface area contributed by atoms with Gasteiger partial charge in [0.05, 0.1) is 7.11 Å². The Bertz CT molecular complexity index is 944. The summed E-state index contributed by atoms with van der Waals surface area (Å²) in [7, 11) is 1.59. The number of nitrogens with one attached hydrogen (secondary N) is 2. The number of aromatic amines is 1. The molecule has 116 valence electrons. The molecule has 3 aromatic rings. The zero-order valence-corrected chi connectivity index (χ0v) is 12.8. The van der Waals surface area contributed by atoms with Crippen LogP contribution in [0.3, 0.4) is 0 Å². The number of amides is 1. The lowest BCUT2D eigenvalue weighted by atomic mass is 10.1. The van der Waals surface area contributed by atoms with E-state index in [1.54, 1.807) is 43.5 Å². The third kappa shape index (κ3) is 2.81. The molecule has 0 unspecified atom stereocenters. The molecule has 0 fully saturated rings. The van der Waals surface area contributed by atoms with E-state index in [2.05, 4.69) is 10.3 Å². The Balaban J connectivity index is 1.93. The van der Waals surface area contributed by atoms with Crippen molar-refractivity contribution >= 4 is 22.5 Å². The number of para-hydroxylation sites is 1. The van der Waals surface area contributed by atoms with E-state index in [9.17, 15) is 9.59 Å². The summed E-state index contributed by atoms with van der Waals surface area (Å²) in [6.45, 7) is 1.89. The van der Waals surface area contributed by atoms with Crippen molar-refractivity contribution in [1.29, 1.82) is 0 Å². The van der Waals surface area contributed by atoms with Gasteiger partial charge in [0.1, 0.15) is 11.3 Å². The normalized spacial score (nSPS) is 10.5. The minimum absolute atomic E-state index is 0.0807. The Morgan fingerprint density at radius 3 is 2.70 bits per heavy atom. The zero-order chi connectivity index (χ0) is 16.4. The number of H-pyrrole nitrogens is 1. The van der Waals surface area contributed by atoms with Gasteiger partial charge >= 0.3 is 0 Å². The molecular formula is C18H16N2O3. The summed E-state index contributed by atoms with van der Waals surface area (Å²) in [5.74, 6) is 0.299. The van der Waals surface area contributed by atoms with Crippen molar-refractivity contribution in [3.8, 4) is 5.75 Å². The highest BCUT2D eigenvalue weighted by atomic mass is 16.5. The number of carbonyl (C=O) groups is 1. The van der Waals surface area contributed by atoms with Gasteiger partial charge in [0.15, 0.2) is 0 Å². The Labute approximate surface area is 132 Å². The fraction of sp³-hybridized carbons (Fsp3) is 0.111. The van der Waals surface area contributed by atoms with Crippen LogP contribution in [0.25, 0.3) is 10.9 Å². The van der Waals surface area contributed by atoms with Crippen molar-refractivity contribution in [3.63, 3.8) is 0 Å². The molecule has 0 saturated carbocycles. The average Bonchev–Trinajstić information content (AvgIpc) is 2.55. The molecule has 0 bridgehead atoms. The topological polar surface area (TPSA) is 71.2 Å². The monoisotopic (exact) mass is 308 g/mol. The van der Waals surface area contributed by atoms with Crippen LogP contribution in [0.15, 0.2) is 53.5 Å². The van der Waals surface area contributed by atoms with E-state index in [0.29, 0.717) is 16.6 Å². The Hall–Kier alpha value is -3.08. The number of hydrogen-bond acceptors (Lipinski definition) is 3. The molecule has 23 heavy (non-hydrogen) atoms. The van der Waals surface area contributed by atoms with Crippen LogP contribution in [-0.4, -0.2) is 18.0 Å². The predicted octanol–water partition coefficient (Wildman–Crippen LogP) is 3.10. The van der Waals surface area contributed by atoms with Crippen LogP contribution in [0.4, 0.5) is 5.69 Å². The Kier molecular flexibility index (Phi) is 3.85. The predicted molar refractivity (Wildman–Crippen MR) is 90.3 cm³/mol. The molecule has 2 aromatic carbocycles. The smallest absolute Gasteiger partial charge is 0.261 e. The van der Waals surface area contributed by atoms with Crippen LogP contribution in [0.1, 0.15) is 15.9 Å². The number of methoxy groups -OCH3 is 1. The molecule has 0 atom stereocenters. The fourth-order valence-corrected chi connectivity index (χ4v) is 2.49. The van der Waals surface area contributed by atoms with Gasteiger partial charge in [-0.1, -0.05) is 12.1 Å². The van der Waals surface area contributed by atoms with E-state index >= 15 is 0 Å². The number of carbonyl (C=O) groups excluding carboxylic acids is 1. The van der Waals surface area contributed by atoms with Gasteiger partial charge in [-0.25, -0.2) is 0 Å². The maximum absolute atomic E-state index is 12.4. The highest BCUT2D eigenvalue weighted by Gasteiger charge is 2.13. The first-order valence-corrected chi connectivity index (χ1v) is 7.16. The molecule has 0 radical (unpaired) electrons. The van der Waals surface area contributed by atoms with Gasteiger partial charge < -0.3 is 15.0 Å². The van der Waals surface area contributed by atoms with E-state index < -0.39 is 5.91 Å². The first kappa shape index (κ1) is 14.8. The summed E-state index contributed by atoms with van der Waals surface area (Å²) >= 11 is 0. The minimum atomic E-state index is -0.443. The molecule has 2 N–H and O–H groups in total. The number of ether oxygens (including phenoxy) is 1. The van der Waals surface area contributed by atoms with Gasteiger partial charge in [-0.2, -0.15) is 0 Å². The molecule has 3 rings (SSSR count). The van der Waals surface area contributed by atoms with Gasteiger partial charge in [0, 0.05) is 22.8 Å². The molecule has 5 heteroatoms. The second-order valence-corrected chi connectivity index (χ2v) is 5.22. The van der Waals surface area contributed by atoms with E-state index in [0.717, 1.165) is 11.3 Å². The van der Waals surface area contributed by atoms with Crippen LogP contribution >= 0.6 is 0 Å². The van der Waals surface area contributed by atoms with Gasteiger partial charge in [0.25, 0.3) is 5.91 Å². The molecule has 0 aliphatic rings. The third-order valence-corrected chi connectivity index (χ3v) is 3.69. The first-order chi connectivity index (χ1) is 11.1. The summed E-state index contributed by atoms with van der Waals surface area (Å²) in [6, 6.07) is 12.4. The highest BCUT2D eigenvalue weighted by Crippen LogP contribution is 2.21. The molecule has 1 aromatic heterocycles. The zero-order valence-electron chi connectivity index (χ0n) is 12.8. The van der Waals surface area contributed by atoms with Crippen molar-refractivity contribution in [2.45, 2.75) is 6.92 Å². The number of aryl methyl sites for hydroxylation is 1. The Morgan fingerprint density at radius 1 is 1.17 bits per heavy atom. The number of hydrogen-bond donors (Lipinski definition) is 2. The molecule has 0 aliphatic heterocycles. The summed E-state index contributed by atoms with van der Waals surface area (Å²) in [4.78, 5) is 27.8. The van der Waals surface area contributed by atoms with Crippen molar-refractivity contribution in [3.05, 3.63) is 70.0 Å². The Morgan fingerprint density at radius 2 is 1.96 bits per heavy atom. The quantitative estimate of drug-likeness (QED) is 0.781. The second kappa shape index (κ2) is 5.96. The van der Waals surface area contributed by atoms with Crippen LogP contribution in [0.5, 0.6) is 5.75 Å². The highest BCUT2D eigenvalue weighted by molar-refractivity contribution is 6.05. The van der Waals surface area contributed by atoms with Crippen molar-refractivity contribution in [2.75, 3.05) is 12.4 Å². The minimum Gasteiger partial charge on any atom is -0.496 e. The van der Waals surface area contributed by atoms with E-state index in [-0.39, 0.29) is 11.0 Å². The number of fused-ring (bicyclic) bond motifs is 1. The van der Waals surface area contributed by atoms with Gasteiger partial charge in [-0.15, -0.1) is 0 Å². The van der Waals surface area contributed by atoms with Crippen molar-refractivity contribution in [2.24, 2.45) is 0 Å². The number of aromatic nitrogens is 1. The van der Waals surface area contributed by atoms with Crippen molar-refractivity contribution in [1.82, 2.24) is 4.98 Å². The SMILES string of the molecule is COc1ccc(NC(=O)c2c[nH]c3ccccc3c2=O)cc1C. The third-order valence-electron chi connectivity index (χ3n) is 3.69. The lowest BCUT2D eigenvalue weighted by Crippen LogP contribution is -2.21. The van der Waals surface area contributed by atoms with Crippen LogP contribution in [0.2, 0.25) is 0 Å². The number of anilines is 1. The molecule has 0 saturated heterocycles. The average molecular weight is 308 g/mol. The fourth-order valence-electron chi connectivity index (χ4n) is 2.49. The molecule has 0 aliphatic carbocycles. The maximum atomic E-state index is 12.4. The van der Waals surface area contributed by atoms with E-state index in [1.807, 2.05) is 13.0 Å². The number of rotatable bonds is 3. The summed E-state index contributed by atoms with van der Waals surface area (Å²) in [5, 5.41) is 3.23. The summed E-state index contributed by atoms with van der Waals surface area (Å²) in [6.07, 6.45) is 1.44. The van der Waals surface area contributed by atoms with Crippen molar-refractivity contribution < 1.29 is 9.53 Å². The molecule has 1 heterocycles. The lowest BCUT2D eigenvalue weighted by Gasteiger charge is -2.09. The standard InChI is InChI=1S/C18H16N2O3/c1-11-9-12(7-8-16(11)23-2)20-18(22)14-10-19-15-6-4-3-5-13(15)17(14)21/h3-10H,1-2H3,(H,19,21)(H,20,22). The molecule has 0 spiro atoms. The van der Waals surface area contributed by atoms with Gasteiger partial charge in [-0.3, -0.25) is 9.59 Å². The first-order valence-electron chi connectivity index (χ1n) is 7.16. The van der Waals surface area contributed by atoms with Crippen LogP contribution in [0, 0.1) is 6.92 Å². The van der Waals surface area contributed by atoms with E-state index in [4.69, 9.17) is 4.74 Å². The number of pyridine rings is 1. The molecule has 1 amide bonds. The maximum Gasteiger partial charge on any atom is 0.261 e. The van der Waals surface area contributed by atoms with Crippen LogP contribution in [-0.2, 0) is 0 Å². The molecular weight excluding hydrogens is 292 g/mol.